The van der Waals surface area contributed by atoms with Gasteiger partial charge in [0.25, 0.3) is 0 Å². The summed E-state index contributed by atoms with van der Waals surface area (Å²) in [6.07, 6.45) is 8.43. The van der Waals surface area contributed by atoms with Crippen molar-refractivity contribution in [2.24, 2.45) is 11.8 Å². The fourth-order valence-electron chi connectivity index (χ4n) is 2.84. The van der Waals surface area contributed by atoms with E-state index in [2.05, 4.69) is 32.6 Å². The first-order valence-corrected chi connectivity index (χ1v) is 7.39. The van der Waals surface area contributed by atoms with Crippen LogP contribution in [-0.2, 0) is 0 Å². The molecule has 3 atom stereocenters. The zero-order chi connectivity index (χ0) is 12.0. The maximum absolute atomic E-state index is 2.75. The van der Waals surface area contributed by atoms with E-state index in [1.54, 1.807) is 0 Å². The largest absolute Gasteiger partial charge is 0.300 e. The SMILES string of the molecule is CCCCCCN1CC(C)CCC(C)C1C. The predicted octanol–water partition coefficient (Wildman–Crippen LogP) is 4.32. The Kier molecular flexibility index (Phi) is 6.41. The Labute approximate surface area is 103 Å². The van der Waals surface area contributed by atoms with Gasteiger partial charge < -0.3 is 4.90 Å². The minimum Gasteiger partial charge on any atom is -0.300 e. The van der Waals surface area contributed by atoms with E-state index in [1.807, 2.05) is 0 Å². The Morgan fingerprint density at radius 3 is 2.44 bits per heavy atom. The fraction of sp³-hybridized carbons (Fsp3) is 1.00. The van der Waals surface area contributed by atoms with E-state index in [4.69, 9.17) is 0 Å². The lowest BCUT2D eigenvalue weighted by Crippen LogP contribution is -2.38. The fourth-order valence-corrected chi connectivity index (χ4v) is 2.84. The summed E-state index contributed by atoms with van der Waals surface area (Å²) in [7, 11) is 0. The Bertz CT molecular complexity index is 178. The summed E-state index contributed by atoms with van der Waals surface area (Å²) in [6, 6.07) is 0.798. The monoisotopic (exact) mass is 225 g/mol. The van der Waals surface area contributed by atoms with Crippen LogP contribution in [0.4, 0.5) is 0 Å². The molecule has 0 saturated carbocycles. The zero-order valence-electron chi connectivity index (χ0n) is 11.8. The van der Waals surface area contributed by atoms with Gasteiger partial charge in [-0.2, -0.15) is 0 Å². The normalized spacial score (nSPS) is 32.6. The van der Waals surface area contributed by atoms with Crippen LogP contribution in [0.2, 0.25) is 0 Å². The van der Waals surface area contributed by atoms with Gasteiger partial charge in [-0.3, -0.25) is 0 Å². The number of nitrogens with zero attached hydrogens (tertiary/aromatic N) is 1. The lowest BCUT2D eigenvalue weighted by Gasteiger charge is -2.31. The molecule has 0 spiro atoms. The van der Waals surface area contributed by atoms with Gasteiger partial charge in [-0.25, -0.2) is 0 Å². The molecule has 0 radical (unpaired) electrons. The Balaban J connectivity index is 2.35. The maximum atomic E-state index is 2.75. The van der Waals surface area contributed by atoms with Crippen molar-refractivity contribution < 1.29 is 0 Å². The molecule has 1 heteroatoms. The van der Waals surface area contributed by atoms with Gasteiger partial charge in [0.15, 0.2) is 0 Å². The first kappa shape index (κ1) is 14.0. The third-order valence-electron chi connectivity index (χ3n) is 4.36. The molecular weight excluding hydrogens is 194 g/mol. The van der Waals surface area contributed by atoms with Crippen LogP contribution in [0.1, 0.15) is 66.2 Å². The number of hydrogen-bond acceptors (Lipinski definition) is 1. The highest BCUT2D eigenvalue weighted by Gasteiger charge is 2.25. The van der Waals surface area contributed by atoms with E-state index in [-0.39, 0.29) is 0 Å². The summed E-state index contributed by atoms with van der Waals surface area (Å²) in [5.41, 5.74) is 0. The lowest BCUT2D eigenvalue weighted by atomic mass is 9.96. The molecule has 0 aliphatic carbocycles. The van der Waals surface area contributed by atoms with Crippen molar-refractivity contribution >= 4 is 0 Å². The average molecular weight is 225 g/mol. The van der Waals surface area contributed by atoms with E-state index in [1.165, 1.54) is 51.6 Å². The Morgan fingerprint density at radius 2 is 1.75 bits per heavy atom. The molecule has 3 unspecified atom stereocenters. The van der Waals surface area contributed by atoms with Gasteiger partial charge in [0.2, 0.25) is 0 Å². The molecule has 16 heavy (non-hydrogen) atoms. The molecule has 0 N–H and O–H groups in total. The smallest absolute Gasteiger partial charge is 0.00926 e. The number of likely N-dealkylation sites (tertiary alicyclic amines) is 1. The highest BCUT2D eigenvalue weighted by molar-refractivity contribution is 4.79. The molecule has 1 heterocycles. The lowest BCUT2D eigenvalue weighted by molar-refractivity contribution is 0.162. The minimum atomic E-state index is 0.798. The summed E-state index contributed by atoms with van der Waals surface area (Å²) in [5.74, 6) is 1.79. The predicted molar refractivity (Wildman–Crippen MR) is 72.7 cm³/mol. The molecule has 0 aromatic rings. The van der Waals surface area contributed by atoms with E-state index < -0.39 is 0 Å². The van der Waals surface area contributed by atoms with E-state index in [0.29, 0.717) is 0 Å². The second-order valence-electron chi connectivity index (χ2n) is 5.96. The van der Waals surface area contributed by atoms with Crippen LogP contribution in [0.25, 0.3) is 0 Å². The number of hydrogen-bond donors (Lipinski definition) is 0. The van der Waals surface area contributed by atoms with Gasteiger partial charge in [0.05, 0.1) is 0 Å². The molecule has 0 bridgehead atoms. The summed E-state index contributed by atoms with van der Waals surface area (Å²) in [4.78, 5) is 2.75. The van der Waals surface area contributed by atoms with Crippen LogP contribution in [0, 0.1) is 11.8 Å². The molecule has 1 saturated heterocycles. The van der Waals surface area contributed by atoms with Gasteiger partial charge >= 0.3 is 0 Å². The van der Waals surface area contributed by atoms with Crippen LogP contribution >= 0.6 is 0 Å². The van der Waals surface area contributed by atoms with Crippen molar-refractivity contribution in [2.45, 2.75) is 72.3 Å². The second-order valence-corrected chi connectivity index (χ2v) is 5.96. The maximum Gasteiger partial charge on any atom is 0.00926 e. The van der Waals surface area contributed by atoms with E-state index >= 15 is 0 Å². The number of unbranched alkanes of at least 4 members (excludes halogenated alkanes) is 3. The van der Waals surface area contributed by atoms with Gasteiger partial charge in [-0.1, -0.05) is 40.0 Å². The summed E-state index contributed by atoms with van der Waals surface area (Å²) >= 11 is 0. The molecule has 0 amide bonds. The quantitative estimate of drug-likeness (QED) is 0.630. The molecule has 1 aliphatic rings. The molecule has 1 nitrogen and oxygen atoms in total. The minimum absolute atomic E-state index is 0.798. The Hall–Kier alpha value is -0.0400. The average Bonchev–Trinajstić information content (AvgIpc) is 2.39. The van der Waals surface area contributed by atoms with Gasteiger partial charge in [-0.05, 0) is 44.6 Å². The van der Waals surface area contributed by atoms with Crippen LogP contribution in [0.3, 0.4) is 0 Å². The van der Waals surface area contributed by atoms with Crippen molar-refractivity contribution in [3.05, 3.63) is 0 Å². The van der Waals surface area contributed by atoms with Crippen molar-refractivity contribution in [1.82, 2.24) is 4.90 Å². The molecule has 1 fully saturated rings. The Morgan fingerprint density at radius 1 is 1.00 bits per heavy atom. The highest BCUT2D eigenvalue weighted by atomic mass is 15.2. The van der Waals surface area contributed by atoms with Gasteiger partial charge in [0.1, 0.15) is 0 Å². The molecule has 96 valence electrons. The first-order valence-electron chi connectivity index (χ1n) is 7.39. The van der Waals surface area contributed by atoms with Crippen LogP contribution in [0.5, 0.6) is 0 Å². The van der Waals surface area contributed by atoms with Crippen LogP contribution in [-0.4, -0.2) is 24.0 Å². The topological polar surface area (TPSA) is 3.24 Å². The first-order chi connectivity index (χ1) is 7.65. The van der Waals surface area contributed by atoms with Crippen molar-refractivity contribution in [1.29, 1.82) is 0 Å². The highest BCUT2D eigenvalue weighted by Crippen LogP contribution is 2.25. The molecule has 0 aromatic heterocycles. The molecule has 1 rings (SSSR count). The van der Waals surface area contributed by atoms with Crippen molar-refractivity contribution in [2.75, 3.05) is 13.1 Å². The standard InChI is InChI=1S/C15H31N/c1-5-6-7-8-11-16-12-13(2)9-10-14(3)15(16)4/h13-15H,5-12H2,1-4H3. The number of rotatable bonds is 5. The third kappa shape index (κ3) is 4.45. The molecular formula is C15H31N. The summed E-state index contributed by atoms with van der Waals surface area (Å²) in [6.45, 7) is 12.2. The molecule has 0 aromatic carbocycles. The summed E-state index contributed by atoms with van der Waals surface area (Å²) in [5, 5.41) is 0. The van der Waals surface area contributed by atoms with Gasteiger partial charge in [-0.15, -0.1) is 0 Å². The van der Waals surface area contributed by atoms with Gasteiger partial charge in [0, 0.05) is 12.6 Å². The second kappa shape index (κ2) is 7.32. The van der Waals surface area contributed by atoms with Crippen molar-refractivity contribution in [3.8, 4) is 0 Å². The van der Waals surface area contributed by atoms with Crippen LogP contribution in [0.15, 0.2) is 0 Å². The third-order valence-corrected chi connectivity index (χ3v) is 4.36. The van der Waals surface area contributed by atoms with Crippen LogP contribution < -0.4 is 0 Å². The molecule has 1 aliphatic heterocycles. The van der Waals surface area contributed by atoms with E-state index in [0.717, 1.165) is 17.9 Å². The summed E-state index contributed by atoms with van der Waals surface area (Å²) < 4.78 is 0. The van der Waals surface area contributed by atoms with Crippen molar-refractivity contribution in [3.63, 3.8) is 0 Å². The zero-order valence-corrected chi connectivity index (χ0v) is 11.8. The van der Waals surface area contributed by atoms with E-state index in [9.17, 15) is 0 Å².